The van der Waals surface area contributed by atoms with Gasteiger partial charge < -0.3 is 14.6 Å². The molecule has 7 heteroatoms. The Bertz CT molecular complexity index is 674. The van der Waals surface area contributed by atoms with Gasteiger partial charge in [-0.1, -0.05) is 5.16 Å². The van der Waals surface area contributed by atoms with Crippen LogP contribution in [0.15, 0.2) is 35.1 Å². The molecule has 1 aliphatic rings. The fourth-order valence-corrected chi connectivity index (χ4v) is 3.13. The Kier molecular flexibility index (Phi) is 6.14. The molecule has 1 atom stereocenters. The number of piperidine rings is 1. The molecule has 0 aromatic carbocycles. The van der Waals surface area contributed by atoms with Crippen LogP contribution in [-0.4, -0.2) is 54.3 Å². The van der Waals surface area contributed by atoms with E-state index in [1.165, 1.54) is 5.56 Å². The van der Waals surface area contributed by atoms with Gasteiger partial charge in [0.15, 0.2) is 0 Å². The van der Waals surface area contributed by atoms with E-state index in [9.17, 15) is 4.79 Å². The first-order valence-corrected chi connectivity index (χ1v) is 8.61. The number of hydrogen-bond donors (Lipinski definition) is 1. The first kappa shape index (κ1) is 17.6. The van der Waals surface area contributed by atoms with E-state index in [1.54, 1.807) is 13.2 Å². The molecule has 1 aliphatic heterocycles. The lowest BCUT2D eigenvalue weighted by Gasteiger charge is -2.31. The third kappa shape index (κ3) is 4.87. The number of nitrogens with zero attached hydrogens (tertiary/aromatic N) is 3. The van der Waals surface area contributed by atoms with E-state index < -0.39 is 0 Å². The zero-order valence-electron chi connectivity index (χ0n) is 14.5. The second kappa shape index (κ2) is 8.73. The molecule has 0 aliphatic carbocycles. The maximum absolute atomic E-state index is 12.0. The van der Waals surface area contributed by atoms with E-state index in [0.29, 0.717) is 19.1 Å². The number of methoxy groups -OCH3 is 1. The normalized spacial score (nSPS) is 18.2. The second-order valence-electron chi connectivity index (χ2n) is 6.29. The van der Waals surface area contributed by atoms with Crippen molar-refractivity contribution >= 4 is 5.91 Å². The lowest BCUT2D eigenvalue weighted by molar-refractivity contribution is 0.0900. The third-order valence-corrected chi connectivity index (χ3v) is 4.42. The number of ether oxygens (including phenoxy) is 1. The van der Waals surface area contributed by atoms with Crippen LogP contribution in [0.5, 0.6) is 0 Å². The van der Waals surface area contributed by atoms with Crippen LogP contribution in [0, 0.1) is 0 Å². The van der Waals surface area contributed by atoms with Crippen LogP contribution < -0.4 is 5.32 Å². The minimum Gasteiger partial charge on any atom is -0.383 e. The molecule has 0 bridgehead atoms. The van der Waals surface area contributed by atoms with Gasteiger partial charge in [-0.25, -0.2) is 0 Å². The quantitative estimate of drug-likeness (QED) is 0.772. The SMILES string of the molecule is COCCNC(=O)c1cc(C2CCCN(Cc3ccncc3)C2)no1. The molecule has 2 aromatic heterocycles. The van der Waals surface area contributed by atoms with E-state index >= 15 is 0 Å². The molecule has 1 fully saturated rings. The topological polar surface area (TPSA) is 80.5 Å². The highest BCUT2D eigenvalue weighted by Crippen LogP contribution is 2.27. The van der Waals surface area contributed by atoms with Crippen LogP contribution in [0.2, 0.25) is 0 Å². The molecule has 3 heterocycles. The van der Waals surface area contributed by atoms with Crippen LogP contribution in [0.4, 0.5) is 0 Å². The average Bonchev–Trinajstić information content (AvgIpc) is 3.13. The number of nitrogens with one attached hydrogen (secondary N) is 1. The number of carbonyl (C=O) groups excluding carboxylic acids is 1. The number of pyridine rings is 1. The molecule has 0 saturated carbocycles. The van der Waals surface area contributed by atoms with E-state index in [1.807, 2.05) is 24.5 Å². The molecule has 7 nitrogen and oxygen atoms in total. The van der Waals surface area contributed by atoms with Gasteiger partial charge in [0.2, 0.25) is 5.76 Å². The van der Waals surface area contributed by atoms with Crippen molar-refractivity contribution < 1.29 is 14.1 Å². The first-order chi connectivity index (χ1) is 12.3. The summed E-state index contributed by atoms with van der Waals surface area (Å²) >= 11 is 0. The fourth-order valence-electron chi connectivity index (χ4n) is 3.13. The van der Waals surface area contributed by atoms with E-state index in [2.05, 4.69) is 20.4 Å². The summed E-state index contributed by atoms with van der Waals surface area (Å²) in [6.45, 7) is 3.82. The van der Waals surface area contributed by atoms with Crippen LogP contribution in [0.25, 0.3) is 0 Å². The number of carbonyl (C=O) groups is 1. The maximum atomic E-state index is 12.0. The zero-order chi connectivity index (χ0) is 17.5. The largest absolute Gasteiger partial charge is 0.383 e. The average molecular weight is 344 g/mol. The third-order valence-electron chi connectivity index (χ3n) is 4.42. The van der Waals surface area contributed by atoms with Crippen molar-refractivity contribution in [2.75, 3.05) is 33.4 Å². The Balaban J connectivity index is 1.57. The minimum absolute atomic E-state index is 0.250. The lowest BCUT2D eigenvalue weighted by Crippen LogP contribution is -2.34. The van der Waals surface area contributed by atoms with Crippen LogP contribution >= 0.6 is 0 Å². The zero-order valence-corrected chi connectivity index (χ0v) is 14.5. The Labute approximate surface area is 147 Å². The van der Waals surface area contributed by atoms with Crippen LogP contribution in [-0.2, 0) is 11.3 Å². The van der Waals surface area contributed by atoms with Crippen molar-refractivity contribution in [1.29, 1.82) is 0 Å². The van der Waals surface area contributed by atoms with Gasteiger partial charge in [-0.3, -0.25) is 14.7 Å². The van der Waals surface area contributed by atoms with Crippen LogP contribution in [0.3, 0.4) is 0 Å². The van der Waals surface area contributed by atoms with Crippen LogP contribution in [0.1, 0.15) is 40.6 Å². The summed E-state index contributed by atoms with van der Waals surface area (Å²) < 4.78 is 10.2. The Hall–Kier alpha value is -2.25. The number of amides is 1. The van der Waals surface area contributed by atoms with E-state index in [0.717, 1.165) is 38.2 Å². The summed E-state index contributed by atoms with van der Waals surface area (Å²) in [4.78, 5) is 18.5. The predicted molar refractivity (Wildman–Crippen MR) is 92.2 cm³/mol. The summed E-state index contributed by atoms with van der Waals surface area (Å²) in [7, 11) is 1.60. The standard InChI is InChI=1S/C18H24N4O3/c1-24-10-8-20-18(23)17-11-16(21-25-17)15-3-2-9-22(13-15)12-14-4-6-19-7-5-14/h4-7,11,15H,2-3,8-10,12-13H2,1H3,(H,20,23). The van der Waals surface area contributed by atoms with Gasteiger partial charge in [0.05, 0.1) is 12.3 Å². The first-order valence-electron chi connectivity index (χ1n) is 8.61. The van der Waals surface area contributed by atoms with Gasteiger partial charge in [0.1, 0.15) is 0 Å². The highest BCUT2D eigenvalue weighted by Gasteiger charge is 2.25. The minimum atomic E-state index is -0.250. The molecule has 0 spiro atoms. The molecule has 25 heavy (non-hydrogen) atoms. The van der Waals surface area contributed by atoms with Crippen molar-refractivity contribution in [3.05, 3.63) is 47.6 Å². The molecule has 134 valence electrons. The van der Waals surface area contributed by atoms with Gasteiger partial charge in [-0.2, -0.15) is 0 Å². The number of hydrogen-bond acceptors (Lipinski definition) is 6. The molecule has 3 rings (SSSR count). The number of likely N-dealkylation sites (tertiary alicyclic amines) is 1. The van der Waals surface area contributed by atoms with Gasteiger partial charge in [0, 0.05) is 51.1 Å². The molecule has 1 N–H and O–H groups in total. The van der Waals surface area contributed by atoms with Crippen molar-refractivity contribution in [3.63, 3.8) is 0 Å². The number of aromatic nitrogens is 2. The molecular formula is C18H24N4O3. The highest BCUT2D eigenvalue weighted by atomic mass is 16.5. The summed E-state index contributed by atoms with van der Waals surface area (Å²) in [5, 5.41) is 6.87. The van der Waals surface area contributed by atoms with Gasteiger partial charge in [-0.05, 0) is 37.1 Å². The van der Waals surface area contributed by atoms with Gasteiger partial charge >= 0.3 is 0 Å². The Morgan fingerprint density at radius 2 is 2.28 bits per heavy atom. The lowest BCUT2D eigenvalue weighted by atomic mass is 9.94. The molecular weight excluding hydrogens is 320 g/mol. The van der Waals surface area contributed by atoms with Gasteiger partial charge in [0.25, 0.3) is 5.91 Å². The number of rotatable bonds is 7. The summed E-state index contributed by atoms with van der Waals surface area (Å²) in [6, 6.07) is 5.85. The van der Waals surface area contributed by atoms with Crippen molar-refractivity contribution in [1.82, 2.24) is 20.4 Å². The van der Waals surface area contributed by atoms with Crippen molar-refractivity contribution in [2.24, 2.45) is 0 Å². The molecule has 1 unspecified atom stereocenters. The van der Waals surface area contributed by atoms with E-state index in [4.69, 9.17) is 9.26 Å². The summed E-state index contributed by atoms with van der Waals surface area (Å²) in [5.41, 5.74) is 2.12. The monoisotopic (exact) mass is 344 g/mol. The Morgan fingerprint density at radius 3 is 3.08 bits per heavy atom. The molecule has 1 amide bonds. The Morgan fingerprint density at radius 1 is 1.44 bits per heavy atom. The van der Waals surface area contributed by atoms with Gasteiger partial charge in [-0.15, -0.1) is 0 Å². The van der Waals surface area contributed by atoms with Crippen molar-refractivity contribution in [2.45, 2.75) is 25.3 Å². The summed E-state index contributed by atoms with van der Waals surface area (Å²) in [6.07, 6.45) is 5.81. The van der Waals surface area contributed by atoms with E-state index in [-0.39, 0.29) is 11.7 Å². The second-order valence-corrected chi connectivity index (χ2v) is 6.29. The predicted octanol–water partition coefficient (Wildman–Crippen LogP) is 1.83. The highest BCUT2D eigenvalue weighted by molar-refractivity contribution is 5.91. The summed E-state index contributed by atoms with van der Waals surface area (Å²) in [5.74, 6) is 0.303. The molecule has 1 saturated heterocycles. The fraction of sp³-hybridized carbons (Fsp3) is 0.500. The molecule has 2 aromatic rings. The molecule has 0 radical (unpaired) electrons. The maximum Gasteiger partial charge on any atom is 0.289 e. The smallest absolute Gasteiger partial charge is 0.289 e. The van der Waals surface area contributed by atoms with Crippen molar-refractivity contribution in [3.8, 4) is 0 Å².